The van der Waals surface area contributed by atoms with Crippen LogP contribution in [0.25, 0.3) is 0 Å². The fourth-order valence-corrected chi connectivity index (χ4v) is 10.8. The van der Waals surface area contributed by atoms with Crippen LogP contribution >= 0.6 is 0 Å². The number of unbranched alkanes of at least 4 members (excludes halogenated alkanes) is 34. The number of carbonyl (C=O) groups is 3. The fraction of sp³-hybridized carbons (Fsp3) is 0.765. The van der Waals surface area contributed by atoms with Crippen molar-refractivity contribution in [2.75, 3.05) is 54.6 Å². The van der Waals surface area contributed by atoms with Gasteiger partial charge < -0.3 is 23.7 Å². The summed E-state index contributed by atoms with van der Waals surface area (Å²) in [5.74, 6) is -5.74. The number of esters is 3. The van der Waals surface area contributed by atoms with Gasteiger partial charge in [0.1, 0.15) is 0 Å². The van der Waals surface area contributed by atoms with E-state index in [9.17, 15) is 14.4 Å². The number of ether oxygens (including phenoxy) is 5. The van der Waals surface area contributed by atoms with Crippen molar-refractivity contribution in [1.82, 2.24) is 9.80 Å². The summed E-state index contributed by atoms with van der Waals surface area (Å²) < 4.78 is 33.3. The van der Waals surface area contributed by atoms with E-state index in [4.69, 9.17) is 23.7 Å². The average molecular weight is 1270 g/mol. The van der Waals surface area contributed by atoms with Crippen LogP contribution in [0.15, 0.2) is 97.2 Å². The molecule has 91 heavy (non-hydrogen) atoms. The van der Waals surface area contributed by atoms with Crippen molar-refractivity contribution >= 4 is 17.9 Å². The number of nitrogens with zero attached hydrogens (tertiary/aromatic N) is 2. The molecule has 0 aromatic heterocycles. The molecule has 0 aliphatic rings. The first-order valence-electron chi connectivity index (χ1n) is 37.9. The molecule has 526 valence electrons. The maximum Gasteiger partial charge on any atom is 0.347 e. The number of likely N-dealkylation sites (N-methyl/N-ethyl adjacent to an activating group) is 2. The van der Waals surface area contributed by atoms with Crippen molar-refractivity contribution in [3.63, 3.8) is 0 Å². The maximum atomic E-state index is 14.5. The Labute approximate surface area is 562 Å². The highest BCUT2D eigenvalue weighted by atomic mass is 16.8. The van der Waals surface area contributed by atoms with Gasteiger partial charge >= 0.3 is 29.6 Å². The highest BCUT2D eigenvalue weighted by Crippen LogP contribution is 2.38. The van der Waals surface area contributed by atoms with Gasteiger partial charge in [0.05, 0.1) is 19.8 Å². The van der Waals surface area contributed by atoms with Gasteiger partial charge in [-0.2, -0.15) is 0 Å². The van der Waals surface area contributed by atoms with Crippen molar-refractivity contribution < 1.29 is 38.1 Å². The fourth-order valence-electron chi connectivity index (χ4n) is 10.8. The Morgan fingerprint density at radius 1 is 0.308 bits per heavy atom. The van der Waals surface area contributed by atoms with E-state index >= 15 is 0 Å². The van der Waals surface area contributed by atoms with E-state index in [1.165, 1.54) is 96.3 Å². The summed E-state index contributed by atoms with van der Waals surface area (Å²) in [4.78, 5) is 46.0. The second kappa shape index (κ2) is 67.6. The van der Waals surface area contributed by atoms with E-state index in [0.717, 1.165) is 173 Å². The number of carbonyl (C=O) groups excluding carboxylic acids is 3. The first kappa shape index (κ1) is 87.2. The predicted octanol–water partition coefficient (Wildman–Crippen LogP) is 23.4. The smallest absolute Gasteiger partial charge is 0.347 e. The van der Waals surface area contributed by atoms with Gasteiger partial charge in [0.15, 0.2) is 6.61 Å². The molecule has 0 heterocycles. The number of hydrogen-bond donors (Lipinski definition) is 0. The Hall–Kier alpha value is -3.83. The SMILES string of the molecule is CCCCC/C=C\C/C=C\CCCCCCCCOC(COC(=O)CN(C)C)(OC(=O)CCCCCCC/C=C\C/C=C\CCCCC)C(OCCCCCCCC/C=C\C/C=C\CCCCC)(OC(=O)CCCCCCC/C=C\C/C=C\CCCCC)N(C)C. The van der Waals surface area contributed by atoms with Crippen LogP contribution in [0.1, 0.15) is 336 Å². The molecule has 0 saturated carbocycles. The van der Waals surface area contributed by atoms with E-state index in [1.807, 2.05) is 0 Å². The molecule has 0 aliphatic heterocycles. The summed E-state index contributed by atoms with van der Waals surface area (Å²) in [6, 6.07) is 0. The maximum absolute atomic E-state index is 14.5. The molecule has 0 spiro atoms. The number of allylic oxidation sites excluding steroid dienone is 16. The molecular weight excluding hydrogens is 1130 g/mol. The third kappa shape index (κ3) is 55.2. The highest BCUT2D eigenvalue weighted by molar-refractivity contribution is 5.72. The molecule has 0 aliphatic carbocycles. The van der Waals surface area contributed by atoms with Gasteiger partial charge in [0.2, 0.25) is 0 Å². The van der Waals surface area contributed by atoms with E-state index in [0.29, 0.717) is 25.7 Å². The molecule has 0 aromatic rings. The summed E-state index contributed by atoms with van der Waals surface area (Å²) >= 11 is 0. The molecule has 2 atom stereocenters. The average Bonchev–Trinajstić information content (AvgIpc) is 0.892. The van der Waals surface area contributed by atoms with Crippen molar-refractivity contribution in [3.05, 3.63) is 97.2 Å². The van der Waals surface area contributed by atoms with Crippen LogP contribution in [-0.2, 0) is 38.1 Å². The van der Waals surface area contributed by atoms with Crippen molar-refractivity contribution in [2.45, 2.75) is 348 Å². The summed E-state index contributed by atoms with van der Waals surface area (Å²) in [6.07, 6.45) is 86.5. The molecule has 0 amide bonds. The molecule has 0 bridgehead atoms. The second-order valence-electron chi connectivity index (χ2n) is 25.9. The van der Waals surface area contributed by atoms with Gasteiger partial charge in [0, 0.05) is 12.8 Å². The van der Waals surface area contributed by atoms with Crippen molar-refractivity contribution in [1.29, 1.82) is 0 Å². The largest absolute Gasteiger partial charge is 0.457 e. The first-order valence-corrected chi connectivity index (χ1v) is 37.9. The van der Waals surface area contributed by atoms with Crippen LogP contribution < -0.4 is 0 Å². The Morgan fingerprint density at radius 2 is 0.582 bits per heavy atom. The van der Waals surface area contributed by atoms with Crippen LogP contribution in [0.3, 0.4) is 0 Å². The first-order chi connectivity index (χ1) is 44.5. The predicted molar refractivity (Wildman–Crippen MR) is 390 cm³/mol. The molecular formula is C81H144N2O8. The zero-order chi connectivity index (χ0) is 66.5. The lowest BCUT2D eigenvalue weighted by Crippen LogP contribution is -2.71. The number of rotatable bonds is 68. The Morgan fingerprint density at radius 3 is 0.890 bits per heavy atom. The third-order valence-corrected chi connectivity index (χ3v) is 16.5. The summed E-state index contributed by atoms with van der Waals surface area (Å²) in [5, 5.41) is 0. The standard InChI is InChI=1S/C81H144N2O8/c1-9-13-17-21-25-29-33-37-41-45-49-53-57-61-65-69-73-88-80(76-87-79(86)75-82(5)6,90-77(84)71-67-63-59-55-51-47-43-39-35-31-27-23-19-15-11-3)81(83(7)8,89-74-70-66-62-58-54-50-46-42-38-34-30-26-22-18-14-10-2)91-78(85)72-68-64-60-56-52-48-44-40-36-32-28-24-20-16-12-4/h25-32,37-44H,9-24,33-36,45-76H2,1-8H3/b29-25-,30-26-,31-27-,32-28-,41-37-,42-38-,43-39-,44-40-. The topological polar surface area (TPSA) is 104 Å². The lowest BCUT2D eigenvalue weighted by molar-refractivity contribution is -0.435. The molecule has 0 N–H and O–H groups in total. The van der Waals surface area contributed by atoms with Crippen molar-refractivity contribution in [3.8, 4) is 0 Å². The van der Waals surface area contributed by atoms with Crippen LogP contribution in [0, 0.1) is 0 Å². The summed E-state index contributed by atoms with van der Waals surface area (Å²) in [5.41, 5.74) is 0. The normalized spacial score (nSPS) is 13.8. The lowest BCUT2D eigenvalue weighted by Gasteiger charge is -2.49. The van der Waals surface area contributed by atoms with Gasteiger partial charge in [-0.15, -0.1) is 0 Å². The molecule has 10 heteroatoms. The van der Waals surface area contributed by atoms with E-state index < -0.39 is 36.2 Å². The van der Waals surface area contributed by atoms with Gasteiger partial charge in [-0.3, -0.25) is 19.3 Å². The molecule has 0 saturated heterocycles. The molecule has 0 fully saturated rings. The second-order valence-corrected chi connectivity index (χ2v) is 25.9. The molecule has 10 nitrogen and oxygen atoms in total. The van der Waals surface area contributed by atoms with E-state index in [1.54, 1.807) is 38.0 Å². The van der Waals surface area contributed by atoms with Gasteiger partial charge in [-0.25, -0.2) is 4.90 Å². The molecule has 2 unspecified atom stereocenters. The van der Waals surface area contributed by atoms with Gasteiger partial charge in [-0.1, -0.05) is 266 Å². The van der Waals surface area contributed by atoms with Crippen LogP contribution in [0.2, 0.25) is 0 Å². The monoisotopic (exact) mass is 1270 g/mol. The van der Waals surface area contributed by atoms with Crippen molar-refractivity contribution in [2.24, 2.45) is 0 Å². The Kier molecular flexibility index (Phi) is 64.7. The van der Waals surface area contributed by atoms with Crippen LogP contribution in [0.5, 0.6) is 0 Å². The highest BCUT2D eigenvalue weighted by Gasteiger charge is 2.64. The minimum Gasteiger partial charge on any atom is -0.457 e. The minimum absolute atomic E-state index is 0.00276. The summed E-state index contributed by atoms with van der Waals surface area (Å²) in [6.45, 7) is 8.83. The lowest BCUT2D eigenvalue weighted by atomic mass is 10.1. The third-order valence-electron chi connectivity index (χ3n) is 16.5. The quantitative estimate of drug-likeness (QED) is 0.0192. The Balaban J connectivity index is 6.51. The Bertz CT molecular complexity index is 1880. The van der Waals surface area contributed by atoms with Gasteiger partial charge in [0.25, 0.3) is 0 Å². The summed E-state index contributed by atoms with van der Waals surface area (Å²) in [7, 11) is 7.13. The van der Waals surface area contributed by atoms with E-state index in [2.05, 4.69) is 125 Å². The zero-order valence-electron chi connectivity index (χ0n) is 60.7. The van der Waals surface area contributed by atoms with Crippen LogP contribution in [-0.4, -0.2) is 94.0 Å². The zero-order valence-corrected chi connectivity index (χ0v) is 60.7. The van der Waals surface area contributed by atoms with E-state index in [-0.39, 0.29) is 32.6 Å². The van der Waals surface area contributed by atoms with Gasteiger partial charge in [-0.05, 0) is 182 Å². The minimum atomic E-state index is -2.14. The van der Waals surface area contributed by atoms with Crippen LogP contribution in [0.4, 0.5) is 0 Å². The molecule has 0 rings (SSSR count). The molecule has 0 radical (unpaired) electrons. The number of hydrogen-bond acceptors (Lipinski definition) is 10. The molecule has 0 aromatic carbocycles.